The van der Waals surface area contributed by atoms with E-state index in [0.717, 1.165) is 17.8 Å². The van der Waals surface area contributed by atoms with Crippen molar-refractivity contribution in [2.24, 2.45) is 5.41 Å². The van der Waals surface area contributed by atoms with Gasteiger partial charge in [-0.2, -0.15) is 18.3 Å². The lowest BCUT2D eigenvalue weighted by atomic mass is 9.62. The van der Waals surface area contributed by atoms with Crippen LogP contribution in [-0.4, -0.2) is 16.0 Å². The van der Waals surface area contributed by atoms with E-state index in [1.54, 1.807) is 12.3 Å². The molecule has 0 amide bonds. The lowest BCUT2D eigenvalue weighted by Crippen LogP contribution is -2.41. The van der Waals surface area contributed by atoms with E-state index in [1.165, 1.54) is 6.07 Å². The lowest BCUT2D eigenvalue weighted by Gasteiger charge is -2.43. The number of nitrogens with zero attached hydrogens (tertiary/aromatic N) is 1. The molecule has 7 heteroatoms. The number of ketones is 1. The van der Waals surface area contributed by atoms with Crippen LogP contribution in [0.5, 0.6) is 0 Å². The Bertz CT molecular complexity index is 971. The number of rotatable bonds is 1. The van der Waals surface area contributed by atoms with E-state index in [-0.39, 0.29) is 11.2 Å². The molecule has 1 aliphatic heterocycles. The first kappa shape index (κ1) is 17.8. The molecule has 2 aromatic rings. The van der Waals surface area contributed by atoms with Crippen molar-refractivity contribution >= 4 is 11.6 Å². The summed E-state index contributed by atoms with van der Waals surface area (Å²) in [5, 5.41) is 10.2. The highest BCUT2D eigenvalue weighted by atomic mass is 19.4. The van der Waals surface area contributed by atoms with E-state index in [0.29, 0.717) is 35.4 Å². The molecule has 1 aromatic heterocycles. The summed E-state index contributed by atoms with van der Waals surface area (Å²) in [6, 6.07) is 5.22. The number of benzene rings is 1. The number of aromatic amines is 1. The second kappa shape index (κ2) is 5.47. The Balaban J connectivity index is 1.97. The molecule has 0 fully saturated rings. The van der Waals surface area contributed by atoms with Crippen molar-refractivity contribution in [2.45, 2.75) is 45.2 Å². The number of fused-ring (bicyclic) bond motifs is 1. The van der Waals surface area contributed by atoms with E-state index in [2.05, 4.69) is 15.5 Å². The number of allylic oxidation sites excluding steroid dienone is 2. The van der Waals surface area contributed by atoms with Crippen molar-refractivity contribution in [1.82, 2.24) is 10.2 Å². The number of carbonyl (C=O) groups is 1. The Labute approximate surface area is 154 Å². The van der Waals surface area contributed by atoms with E-state index in [4.69, 9.17) is 0 Å². The molecule has 0 spiro atoms. The average Bonchev–Trinajstić information content (AvgIpc) is 3.01. The molecular weight excluding hydrogens is 355 g/mol. The van der Waals surface area contributed by atoms with Crippen LogP contribution in [0.3, 0.4) is 0 Å². The van der Waals surface area contributed by atoms with E-state index < -0.39 is 17.2 Å². The monoisotopic (exact) mass is 375 g/mol. The summed E-state index contributed by atoms with van der Waals surface area (Å²) < 4.78 is 39.9. The zero-order valence-electron chi connectivity index (χ0n) is 15.3. The van der Waals surface area contributed by atoms with Crippen LogP contribution < -0.4 is 5.32 Å². The SMILES string of the molecule is CC1(C)CC(=O)C2=C(C1)Nc1[nH]ncc1[C@]2(C)c1cccc(C(F)(F)F)c1. The zero-order valence-corrected chi connectivity index (χ0v) is 15.3. The Morgan fingerprint density at radius 1 is 1.15 bits per heavy atom. The van der Waals surface area contributed by atoms with Gasteiger partial charge in [-0.1, -0.05) is 32.0 Å². The van der Waals surface area contributed by atoms with Gasteiger partial charge in [0.05, 0.1) is 17.2 Å². The topological polar surface area (TPSA) is 57.8 Å². The molecule has 2 N–H and O–H groups in total. The number of nitrogens with one attached hydrogen (secondary N) is 2. The maximum absolute atomic E-state index is 13.3. The van der Waals surface area contributed by atoms with Crippen LogP contribution in [0, 0.1) is 5.41 Å². The van der Waals surface area contributed by atoms with Gasteiger partial charge in [0, 0.05) is 23.3 Å². The first-order valence-corrected chi connectivity index (χ1v) is 8.78. The van der Waals surface area contributed by atoms with Crippen LogP contribution in [0.1, 0.15) is 50.3 Å². The minimum atomic E-state index is -4.45. The van der Waals surface area contributed by atoms with Gasteiger partial charge in [0.1, 0.15) is 5.82 Å². The molecule has 142 valence electrons. The summed E-state index contributed by atoms with van der Waals surface area (Å²) in [4.78, 5) is 13.1. The maximum atomic E-state index is 13.3. The minimum absolute atomic E-state index is 0.0412. The molecule has 0 saturated carbocycles. The summed E-state index contributed by atoms with van der Waals surface area (Å²) in [6.07, 6.45) is -1.87. The number of aromatic nitrogens is 2. The normalized spacial score (nSPS) is 24.3. The fraction of sp³-hybridized carbons (Fsp3) is 0.400. The molecule has 1 aliphatic carbocycles. The molecule has 1 aromatic carbocycles. The van der Waals surface area contributed by atoms with Crippen LogP contribution in [-0.2, 0) is 16.4 Å². The molecule has 4 rings (SSSR count). The lowest BCUT2D eigenvalue weighted by molar-refractivity contribution is -0.137. The van der Waals surface area contributed by atoms with Crippen molar-refractivity contribution in [3.8, 4) is 0 Å². The highest BCUT2D eigenvalue weighted by molar-refractivity contribution is 6.02. The molecule has 1 atom stereocenters. The van der Waals surface area contributed by atoms with Gasteiger partial charge in [-0.15, -0.1) is 0 Å². The third kappa shape index (κ3) is 2.67. The molecule has 4 nitrogen and oxygen atoms in total. The highest BCUT2D eigenvalue weighted by Crippen LogP contribution is 2.52. The molecule has 0 unspecified atom stereocenters. The van der Waals surface area contributed by atoms with Crippen LogP contribution in [0.4, 0.5) is 19.0 Å². The first-order chi connectivity index (χ1) is 12.5. The quantitative estimate of drug-likeness (QED) is 0.753. The second-order valence-electron chi connectivity index (χ2n) is 8.28. The largest absolute Gasteiger partial charge is 0.416 e. The molecule has 27 heavy (non-hydrogen) atoms. The van der Waals surface area contributed by atoms with E-state index in [9.17, 15) is 18.0 Å². The molecule has 0 bridgehead atoms. The number of hydrogen-bond acceptors (Lipinski definition) is 3. The fourth-order valence-electron chi connectivity index (χ4n) is 4.36. The summed E-state index contributed by atoms with van der Waals surface area (Å²) in [5.41, 5.74) is 0.460. The zero-order chi connectivity index (χ0) is 19.6. The minimum Gasteiger partial charge on any atom is -0.343 e. The Kier molecular flexibility index (Phi) is 3.61. The van der Waals surface area contributed by atoms with Gasteiger partial charge in [0.25, 0.3) is 0 Å². The molecular formula is C20H20F3N3O. The van der Waals surface area contributed by atoms with Gasteiger partial charge in [-0.25, -0.2) is 0 Å². The van der Waals surface area contributed by atoms with Gasteiger partial charge >= 0.3 is 6.18 Å². The number of anilines is 1. The van der Waals surface area contributed by atoms with Crippen molar-refractivity contribution in [1.29, 1.82) is 0 Å². The first-order valence-electron chi connectivity index (χ1n) is 8.78. The third-order valence-electron chi connectivity index (χ3n) is 5.60. The van der Waals surface area contributed by atoms with Gasteiger partial charge in [-0.05, 0) is 30.4 Å². The fourth-order valence-corrected chi connectivity index (χ4v) is 4.36. The molecule has 0 radical (unpaired) electrons. The predicted molar refractivity (Wildman–Crippen MR) is 95.2 cm³/mol. The molecule has 2 heterocycles. The van der Waals surface area contributed by atoms with Crippen molar-refractivity contribution in [3.05, 3.63) is 58.4 Å². The summed E-state index contributed by atoms with van der Waals surface area (Å²) in [5.74, 6) is 0.583. The van der Waals surface area contributed by atoms with Gasteiger partial charge in [0.15, 0.2) is 5.78 Å². The average molecular weight is 375 g/mol. The number of alkyl halides is 3. The van der Waals surface area contributed by atoms with Gasteiger partial charge < -0.3 is 5.32 Å². The van der Waals surface area contributed by atoms with Crippen LogP contribution >= 0.6 is 0 Å². The number of hydrogen-bond donors (Lipinski definition) is 2. The predicted octanol–water partition coefficient (Wildman–Crippen LogP) is 4.80. The Morgan fingerprint density at radius 2 is 1.89 bits per heavy atom. The Morgan fingerprint density at radius 3 is 2.59 bits per heavy atom. The van der Waals surface area contributed by atoms with Crippen molar-refractivity contribution in [2.75, 3.05) is 5.32 Å². The summed E-state index contributed by atoms with van der Waals surface area (Å²) >= 11 is 0. The van der Waals surface area contributed by atoms with Crippen molar-refractivity contribution in [3.63, 3.8) is 0 Å². The van der Waals surface area contributed by atoms with Crippen molar-refractivity contribution < 1.29 is 18.0 Å². The standard InChI is InChI=1S/C20H20F3N3O/c1-18(2)8-14-16(15(27)9-18)19(3,13-10-24-26-17(13)25-14)11-5-4-6-12(7-11)20(21,22)23/h4-7,10H,8-9H2,1-3H3,(H2,24,25,26)/t19-/m0/s1. The van der Waals surface area contributed by atoms with Gasteiger partial charge in [-0.3, -0.25) is 9.89 Å². The van der Waals surface area contributed by atoms with Crippen LogP contribution in [0.2, 0.25) is 0 Å². The highest BCUT2D eigenvalue weighted by Gasteiger charge is 2.48. The second-order valence-corrected chi connectivity index (χ2v) is 8.28. The summed E-state index contributed by atoms with van der Waals surface area (Å²) in [7, 11) is 0. The Hall–Kier alpha value is -2.57. The van der Waals surface area contributed by atoms with Crippen LogP contribution in [0.15, 0.2) is 41.7 Å². The number of Topliss-reactive ketones (excluding diaryl/α,β-unsaturated/α-hetero) is 1. The van der Waals surface area contributed by atoms with Crippen LogP contribution in [0.25, 0.3) is 0 Å². The smallest absolute Gasteiger partial charge is 0.343 e. The number of carbonyl (C=O) groups excluding carboxylic acids is 1. The third-order valence-corrected chi connectivity index (χ3v) is 5.60. The summed E-state index contributed by atoms with van der Waals surface area (Å²) in [6.45, 7) is 5.84. The number of halogens is 3. The molecule has 2 aliphatic rings. The van der Waals surface area contributed by atoms with E-state index in [1.807, 2.05) is 20.8 Å². The van der Waals surface area contributed by atoms with Gasteiger partial charge in [0.2, 0.25) is 0 Å². The maximum Gasteiger partial charge on any atom is 0.416 e. The van der Waals surface area contributed by atoms with E-state index >= 15 is 0 Å². The number of H-pyrrole nitrogens is 1. The molecule has 0 saturated heterocycles.